The molecule has 0 heterocycles. The first-order valence-corrected chi connectivity index (χ1v) is 3.39. The van der Waals surface area contributed by atoms with E-state index < -0.39 is 5.91 Å². The zero-order valence-corrected chi connectivity index (χ0v) is 6.32. The Hall–Kier alpha value is -1.71. The standard InChI is InChI=1S/C8H9NO3/c9-7(11)4-5-2-1-3-6(10)8(5)12/h1-3,10,12H,4H2,(H2,9,11). The highest BCUT2D eigenvalue weighted by Gasteiger charge is 2.07. The Morgan fingerprint density at radius 3 is 2.67 bits per heavy atom. The van der Waals surface area contributed by atoms with Crippen LogP contribution in [0.2, 0.25) is 0 Å². The summed E-state index contributed by atoms with van der Waals surface area (Å²) in [5.74, 6) is -1.07. The second-order valence-corrected chi connectivity index (χ2v) is 2.43. The average molecular weight is 167 g/mol. The third kappa shape index (κ3) is 1.66. The maximum absolute atomic E-state index is 10.5. The van der Waals surface area contributed by atoms with Crippen molar-refractivity contribution in [2.24, 2.45) is 5.73 Å². The van der Waals surface area contributed by atoms with Gasteiger partial charge in [0.15, 0.2) is 11.5 Å². The summed E-state index contributed by atoms with van der Waals surface area (Å²) in [4.78, 5) is 10.5. The van der Waals surface area contributed by atoms with Crippen LogP contribution in [0.25, 0.3) is 0 Å². The molecule has 0 saturated carbocycles. The number of rotatable bonds is 2. The molecule has 1 aromatic carbocycles. The van der Waals surface area contributed by atoms with Gasteiger partial charge in [0.05, 0.1) is 6.42 Å². The molecule has 0 fully saturated rings. The number of phenolic OH excluding ortho intramolecular Hbond substituents is 2. The molecule has 0 aliphatic heterocycles. The van der Waals surface area contributed by atoms with E-state index in [0.717, 1.165) is 0 Å². The number of benzene rings is 1. The number of para-hydroxylation sites is 1. The number of aromatic hydroxyl groups is 2. The molecule has 0 aliphatic rings. The Morgan fingerprint density at radius 2 is 2.08 bits per heavy atom. The Balaban J connectivity index is 3.00. The van der Waals surface area contributed by atoms with Crippen LogP contribution in [0.4, 0.5) is 0 Å². The van der Waals surface area contributed by atoms with Crippen molar-refractivity contribution in [3.05, 3.63) is 23.8 Å². The van der Waals surface area contributed by atoms with E-state index in [1.807, 2.05) is 0 Å². The SMILES string of the molecule is NC(=O)Cc1cccc(O)c1O. The summed E-state index contributed by atoms with van der Waals surface area (Å²) in [5.41, 5.74) is 5.25. The molecule has 0 saturated heterocycles. The van der Waals surface area contributed by atoms with Crippen molar-refractivity contribution in [3.63, 3.8) is 0 Å². The highest BCUT2D eigenvalue weighted by atomic mass is 16.3. The van der Waals surface area contributed by atoms with Crippen LogP contribution in [0, 0.1) is 0 Å². The first kappa shape index (κ1) is 8.39. The zero-order chi connectivity index (χ0) is 9.14. The van der Waals surface area contributed by atoms with Crippen molar-refractivity contribution in [3.8, 4) is 11.5 Å². The van der Waals surface area contributed by atoms with E-state index in [4.69, 9.17) is 10.8 Å². The molecular weight excluding hydrogens is 158 g/mol. The predicted molar refractivity (Wildman–Crippen MR) is 42.7 cm³/mol. The second kappa shape index (κ2) is 3.13. The van der Waals surface area contributed by atoms with Gasteiger partial charge in [0.1, 0.15) is 0 Å². The summed E-state index contributed by atoms with van der Waals surface area (Å²) in [6.07, 6.45) is -0.0692. The number of primary amides is 1. The van der Waals surface area contributed by atoms with Crippen LogP contribution in [0.1, 0.15) is 5.56 Å². The minimum absolute atomic E-state index is 0.0692. The third-order valence-electron chi connectivity index (χ3n) is 1.46. The van der Waals surface area contributed by atoms with Crippen molar-refractivity contribution in [2.75, 3.05) is 0 Å². The highest BCUT2D eigenvalue weighted by Crippen LogP contribution is 2.28. The molecule has 1 aromatic rings. The molecule has 0 atom stereocenters. The van der Waals surface area contributed by atoms with Gasteiger partial charge in [-0.05, 0) is 6.07 Å². The topological polar surface area (TPSA) is 83.6 Å². The van der Waals surface area contributed by atoms with E-state index in [9.17, 15) is 9.90 Å². The van der Waals surface area contributed by atoms with Crippen molar-refractivity contribution >= 4 is 5.91 Å². The van der Waals surface area contributed by atoms with Crippen LogP contribution in [0.5, 0.6) is 11.5 Å². The Morgan fingerprint density at radius 1 is 1.42 bits per heavy atom. The number of hydrogen-bond acceptors (Lipinski definition) is 3. The van der Waals surface area contributed by atoms with Crippen molar-refractivity contribution in [2.45, 2.75) is 6.42 Å². The number of carbonyl (C=O) groups is 1. The monoisotopic (exact) mass is 167 g/mol. The molecule has 0 spiro atoms. The minimum atomic E-state index is -0.545. The Bertz CT molecular complexity index is 309. The summed E-state index contributed by atoms with van der Waals surface area (Å²) >= 11 is 0. The fourth-order valence-corrected chi connectivity index (χ4v) is 0.908. The molecule has 1 rings (SSSR count). The van der Waals surface area contributed by atoms with Crippen LogP contribution in [0.3, 0.4) is 0 Å². The lowest BCUT2D eigenvalue weighted by molar-refractivity contribution is -0.117. The van der Waals surface area contributed by atoms with Crippen molar-refractivity contribution < 1.29 is 15.0 Å². The first-order valence-electron chi connectivity index (χ1n) is 3.39. The van der Waals surface area contributed by atoms with Crippen molar-refractivity contribution in [1.82, 2.24) is 0 Å². The van der Waals surface area contributed by atoms with Gasteiger partial charge in [0.2, 0.25) is 5.91 Å². The summed E-state index contributed by atoms with van der Waals surface area (Å²) < 4.78 is 0. The lowest BCUT2D eigenvalue weighted by Crippen LogP contribution is -2.13. The normalized spacial score (nSPS) is 9.67. The average Bonchev–Trinajstić information content (AvgIpc) is 1.98. The van der Waals surface area contributed by atoms with E-state index in [2.05, 4.69) is 0 Å². The summed E-state index contributed by atoms with van der Waals surface area (Å²) in [7, 11) is 0. The van der Waals surface area contributed by atoms with Crippen LogP contribution in [-0.4, -0.2) is 16.1 Å². The molecule has 64 valence electrons. The van der Waals surface area contributed by atoms with Gasteiger partial charge in [-0.25, -0.2) is 0 Å². The van der Waals surface area contributed by atoms with Gasteiger partial charge in [0, 0.05) is 5.56 Å². The van der Waals surface area contributed by atoms with Gasteiger partial charge in [-0.15, -0.1) is 0 Å². The van der Waals surface area contributed by atoms with Gasteiger partial charge in [-0.1, -0.05) is 12.1 Å². The molecule has 0 unspecified atom stereocenters. The maximum atomic E-state index is 10.5. The predicted octanol–water partition coefficient (Wildman–Crippen LogP) is 0.126. The van der Waals surface area contributed by atoms with Gasteiger partial charge in [0.25, 0.3) is 0 Å². The van der Waals surface area contributed by atoms with Gasteiger partial charge >= 0.3 is 0 Å². The zero-order valence-electron chi connectivity index (χ0n) is 6.32. The molecule has 1 amide bonds. The number of phenols is 2. The van der Waals surface area contributed by atoms with Crippen LogP contribution < -0.4 is 5.73 Å². The van der Waals surface area contributed by atoms with E-state index >= 15 is 0 Å². The van der Waals surface area contributed by atoms with Gasteiger partial charge < -0.3 is 15.9 Å². The molecule has 0 radical (unpaired) electrons. The molecular formula is C8H9NO3. The van der Waals surface area contributed by atoms with Crippen LogP contribution in [-0.2, 0) is 11.2 Å². The lowest BCUT2D eigenvalue weighted by Gasteiger charge is -2.02. The van der Waals surface area contributed by atoms with Crippen LogP contribution >= 0.6 is 0 Å². The smallest absolute Gasteiger partial charge is 0.221 e. The third-order valence-corrected chi connectivity index (χ3v) is 1.46. The molecule has 12 heavy (non-hydrogen) atoms. The second-order valence-electron chi connectivity index (χ2n) is 2.43. The minimum Gasteiger partial charge on any atom is -0.504 e. The van der Waals surface area contributed by atoms with E-state index in [-0.39, 0.29) is 17.9 Å². The quantitative estimate of drug-likeness (QED) is 0.547. The van der Waals surface area contributed by atoms with E-state index in [1.165, 1.54) is 18.2 Å². The maximum Gasteiger partial charge on any atom is 0.221 e. The molecule has 4 N–H and O–H groups in total. The summed E-state index contributed by atoms with van der Waals surface area (Å²) in [6, 6.07) is 4.40. The fraction of sp³-hybridized carbons (Fsp3) is 0.125. The van der Waals surface area contributed by atoms with E-state index in [0.29, 0.717) is 5.56 Å². The highest BCUT2D eigenvalue weighted by molar-refractivity contribution is 5.77. The van der Waals surface area contributed by atoms with E-state index in [1.54, 1.807) is 0 Å². The number of carbonyl (C=O) groups excluding carboxylic acids is 1. The largest absolute Gasteiger partial charge is 0.504 e. The number of amides is 1. The Kier molecular flexibility index (Phi) is 2.19. The van der Waals surface area contributed by atoms with Crippen molar-refractivity contribution in [1.29, 1.82) is 0 Å². The number of nitrogens with two attached hydrogens (primary N) is 1. The van der Waals surface area contributed by atoms with Gasteiger partial charge in [-0.2, -0.15) is 0 Å². The molecule has 0 aliphatic carbocycles. The lowest BCUT2D eigenvalue weighted by atomic mass is 10.1. The fourth-order valence-electron chi connectivity index (χ4n) is 0.908. The van der Waals surface area contributed by atoms with Gasteiger partial charge in [-0.3, -0.25) is 4.79 Å². The Labute approximate surface area is 69.3 Å². The molecule has 0 aromatic heterocycles. The molecule has 0 bridgehead atoms. The van der Waals surface area contributed by atoms with Crippen LogP contribution in [0.15, 0.2) is 18.2 Å². The molecule has 4 nitrogen and oxygen atoms in total. The summed E-state index contributed by atoms with van der Waals surface area (Å²) in [5, 5.41) is 18.2. The summed E-state index contributed by atoms with van der Waals surface area (Å²) in [6.45, 7) is 0. The first-order chi connectivity index (χ1) is 5.61. The number of hydrogen-bond donors (Lipinski definition) is 3. The molecule has 4 heteroatoms.